The predicted molar refractivity (Wildman–Crippen MR) is 77.4 cm³/mol. The van der Waals surface area contributed by atoms with Crippen LogP contribution in [0.4, 0.5) is 10.1 Å². The number of nitrogens with two attached hydrogens (primary N) is 1. The van der Waals surface area contributed by atoms with Crippen LogP contribution in [-0.2, 0) is 10.0 Å². The quantitative estimate of drug-likeness (QED) is 0.873. The average molecular weight is 300 g/mol. The number of sulfonamides is 1. The fourth-order valence-electron chi connectivity index (χ4n) is 2.75. The van der Waals surface area contributed by atoms with Crippen LogP contribution >= 0.6 is 0 Å². The van der Waals surface area contributed by atoms with Crippen molar-refractivity contribution >= 4 is 15.7 Å². The van der Waals surface area contributed by atoms with Gasteiger partial charge in [-0.2, -0.15) is 4.31 Å². The van der Waals surface area contributed by atoms with Crippen LogP contribution in [0.1, 0.15) is 38.2 Å². The molecule has 0 radical (unpaired) electrons. The number of halogens is 1. The van der Waals surface area contributed by atoms with Crippen LogP contribution in [0.3, 0.4) is 0 Å². The molecule has 1 atom stereocenters. The van der Waals surface area contributed by atoms with Gasteiger partial charge in [0.2, 0.25) is 10.0 Å². The Morgan fingerprint density at radius 1 is 1.40 bits per heavy atom. The molecule has 1 unspecified atom stereocenters. The minimum Gasteiger partial charge on any atom is -0.396 e. The lowest BCUT2D eigenvalue weighted by Crippen LogP contribution is -2.43. The zero-order chi connectivity index (χ0) is 14.9. The largest absolute Gasteiger partial charge is 0.396 e. The lowest BCUT2D eigenvalue weighted by molar-refractivity contribution is 0.246. The van der Waals surface area contributed by atoms with Crippen LogP contribution < -0.4 is 5.73 Å². The molecule has 2 N–H and O–H groups in total. The van der Waals surface area contributed by atoms with Crippen molar-refractivity contribution in [2.24, 2.45) is 0 Å². The molecule has 0 aliphatic carbocycles. The van der Waals surface area contributed by atoms with Crippen molar-refractivity contribution in [2.45, 2.75) is 50.5 Å². The van der Waals surface area contributed by atoms with E-state index >= 15 is 0 Å². The number of anilines is 1. The van der Waals surface area contributed by atoms with E-state index in [1.54, 1.807) is 4.31 Å². The topological polar surface area (TPSA) is 63.4 Å². The second-order valence-electron chi connectivity index (χ2n) is 5.32. The second kappa shape index (κ2) is 5.69. The summed E-state index contributed by atoms with van der Waals surface area (Å²) in [6.45, 7) is 4.04. The molecule has 4 nitrogen and oxygen atoms in total. The molecule has 1 aromatic carbocycles. The molecule has 1 aliphatic heterocycles. The number of aryl methyl sites for hydroxylation is 1. The first-order valence-electron chi connectivity index (χ1n) is 6.95. The van der Waals surface area contributed by atoms with E-state index < -0.39 is 15.8 Å². The summed E-state index contributed by atoms with van der Waals surface area (Å²) in [4.78, 5) is 0.0919. The van der Waals surface area contributed by atoms with Gasteiger partial charge in [0.15, 0.2) is 0 Å². The van der Waals surface area contributed by atoms with Crippen LogP contribution in [0.5, 0.6) is 0 Å². The molecule has 0 saturated carbocycles. The highest BCUT2D eigenvalue weighted by atomic mass is 32.2. The molecule has 6 heteroatoms. The molecule has 20 heavy (non-hydrogen) atoms. The highest BCUT2D eigenvalue weighted by Gasteiger charge is 2.33. The maximum atomic E-state index is 13.6. The number of hydrogen-bond acceptors (Lipinski definition) is 3. The summed E-state index contributed by atoms with van der Waals surface area (Å²) < 4.78 is 40.5. The summed E-state index contributed by atoms with van der Waals surface area (Å²) in [5.41, 5.74) is 5.70. The fourth-order valence-corrected chi connectivity index (χ4v) is 4.63. The zero-order valence-corrected chi connectivity index (χ0v) is 12.7. The SMILES string of the molecule is CCC1CCCCN1S(=O)(=O)c1cc(C)c(F)c(N)c1. The molecule has 0 amide bonds. The standard InChI is InChI=1S/C14H21FN2O2S/c1-3-11-6-4-5-7-17(11)20(18,19)12-8-10(2)14(15)13(16)9-12/h8-9,11H,3-7,16H2,1-2H3. The smallest absolute Gasteiger partial charge is 0.243 e. The van der Waals surface area contributed by atoms with E-state index in [4.69, 9.17) is 5.73 Å². The van der Waals surface area contributed by atoms with Gasteiger partial charge in [-0.05, 0) is 43.9 Å². The predicted octanol–water partition coefficient (Wildman–Crippen LogP) is 2.67. The average Bonchev–Trinajstić information content (AvgIpc) is 2.44. The van der Waals surface area contributed by atoms with Crippen molar-refractivity contribution in [2.75, 3.05) is 12.3 Å². The first kappa shape index (κ1) is 15.3. The van der Waals surface area contributed by atoms with Gasteiger partial charge in [0, 0.05) is 12.6 Å². The molecule has 0 bridgehead atoms. The van der Waals surface area contributed by atoms with Gasteiger partial charge in [-0.1, -0.05) is 13.3 Å². The lowest BCUT2D eigenvalue weighted by Gasteiger charge is -2.34. The Hall–Kier alpha value is -1.14. The minimum atomic E-state index is -3.60. The molecule has 1 saturated heterocycles. The zero-order valence-electron chi connectivity index (χ0n) is 11.9. The number of nitrogen functional groups attached to an aromatic ring is 1. The Balaban J connectivity index is 2.44. The molecular formula is C14H21FN2O2S. The van der Waals surface area contributed by atoms with Crippen LogP contribution in [0.2, 0.25) is 0 Å². The highest BCUT2D eigenvalue weighted by molar-refractivity contribution is 7.89. The molecule has 2 rings (SSSR count). The van der Waals surface area contributed by atoms with E-state index in [2.05, 4.69) is 0 Å². The Morgan fingerprint density at radius 2 is 2.10 bits per heavy atom. The van der Waals surface area contributed by atoms with E-state index in [0.717, 1.165) is 25.7 Å². The van der Waals surface area contributed by atoms with Gasteiger partial charge in [0.05, 0.1) is 10.6 Å². The van der Waals surface area contributed by atoms with Gasteiger partial charge >= 0.3 is 0 Å². The van der Waals surface area contributed by atoms with Gasteiger partial charge in [-0.15, -0.1) is 0 Å². The maximum absolute atomic E-state index is 13.6. The minimum absolute atomic E-state index is 0.0281. The second-order valence-corrected chi connectivity index (χ2v) is 7.21. The molecular weight excluding hydrogens is 279 g/mol. The maximum Gasteiger partial charge on any atom is 0.243 e. The number of nitrogens with zero attached hydrogens (tertiary/aromatic N) is 1. The van der Waals surface area contributed by atoms with E-state index in [-0.39, 0.29) is 22.2 Å². The third-order valence-electron chi connectivity index (χ3n) is 3.91. The normalized spacial score (nSPS) is 21.1. The highest BCUT2D eigenvalue weighted by Crippen LogP contribution is 2.29. The Kier molecular flexibility index (Phi) is 4.34. The number of hydrogen-bond donors (Lipinski definition) is 1. The van der Waals surface area contributed by atoms with Crippen molar-refractivity contribution in [3.63, 3.8) is 0 Å². The Bertz CT molecular complexity index is 578. The molecule has 1 fully saturated rings. The van der Waals surface area contributed by atoms with E-state index in [1.165, 1.54) is 19.1 Å². The fraction of sp³-hybridized carbons (Fsp3) is 0.571. The van der Waals surface area contributed by atoms with Crippen molar-refractivity contribution in [3.8, 4) is 0 Å². The summed E-state index contributed by atoms with van der Waals surface area (Å²) in [6, 6.07) is 2.61. The molecule has 112 valence electrons. The molecule has 0 aromatic heterocycles. The summed E-state index contributed by atoms with van der Waals surface area (Å²) in [5.74, 6) is -0.547. The van der Waals surface area contributed by atoms with Crippen molar-refractivity contribution in [1.29, 1.82) is 0 Å². The van der Waals surface area contributed by atoms with Crippen LogP contribution in [0.15, 0.2) is 17.0 Å². The van der Waals surface area contributed by atoms with Crippen LogP contribution in [-0.4, -0.2) is 25.3 Å². The molecule has 1 aliphatic rings. The summed E-state index contributed by atoms with van der Waals surface area (Å²) in [5, 5.41) is 0. The van der Waals surface area contributed by atoms with Gasteiger partial charge in [-0.3, -0.25) is 0 Å². The van der Waals surface area contributed by atoms with Gasteiger partial charge in [0.1, 0.15) is 5.82 Å². The molecule has 1 aromatic rings. The van der Waals surface area contributed by atoms with Gasteiger partial charge < -0.3 is 5.73 Å². The molecule has 1 heterocycles. The summed E-state index contributed by atoms with van der Waals surface area (Å²) in [7, 11) is -3.60. The summed E-state index contributed by atoms with van der Waals surface area (Å²) in [6.07, 6.45) is 3.58. The summed E-state index contributed by atoms with van der Waals surface area (Å²) >= 11 is 0. The van der Waals surface area contributed by atoms with Crippen LogP contribution in [0, 0.1) is 12.7 Å². The first-order chi connectivity index (χ1) is 9.37. The van der Waals surface area contributed by atoms with E-state index in [0.29, 0.717) is 6.54 Å². The van der Waals surface area contributed by atoms with Crippen molar-refractivity contribution in [3.05, 3.63) is 23.5 Å². The van der Waals surface area contributed by atoms with Crippen molar-refractivity contribution in [1.82, 2.24) is 4.31 Å². The number of benzene rings is 1. The third kappa shape index (κ3) is 2.67. The molecule has 0 spiro atoms. The van der Waals surface area contributed by atoms with Crippen molar-refractivity contribution < 1.29 is 12.8 Å². The third-order valence-corrected chi connectivity index (χ3v) is 5.84. The van der Waals surface area contributed by atoms with E-state index in [9.17, 15) is 12.8 Å². The van der Waals surface area contributed by atoms with E-state index in [1.807, 2.05) is 6.92 Å². The lowest BCUT2D eigenvalue weighted by atomic mass is 10.0. The first-order valence-corrected chi connectivity index (χ1v) is 8.39. The number of piperidine rings is 1. The van der Waals surface area contributed by atoms with Gasteiger partial charge in [-0.25, -0.2) is 12.8 Å². The number of rotatable bonds is 3. The van der Waals surface area contributed by atoms with Crippen LogP contribution in [0.25, 0.3) is 0 Å². The Morgan fingerprint density at radius 3 is 2.70 bits per heavy atom. The monoisotopic (exact) mass is 300 g/mol. The van der Waals surface area contributed by atoms with Gasteiger partial charge in [0.25, 0.3) is 0 Å². The Labute approximate surface area is 119 Å².